The molecule has 1 fully saturated rings. The van der Waals surface area contributed by atoms with E-state index < -0.39 is 18.2 Å². The molecule has 0 heterocycles. The zero-order valence-corrected chi connectivity index (χ0v) is 15.1. The second kappa shape index (κ2) is 12.0. The lowest BCUT2D eigenvalue weighted by Gasteiger charge is -2.17. The summed E-state index contributed by atoms with van der Waals surface area (Å²) in [6, 6.07) is 0. The maximum Gasteiger partial charge on any atom is 0.303 e. The lowest BCUT2D eigenvalue weighted by Crippen LogP contribution is -2.19. The summed E-state index contributed by atoms with van der Waals surface area (Å²) in [6.07, 6.45) is 12.0. The number of ketones is 1. The average molecular weight is 352 g/mol. The highest BCUT2D eigenvalue weighted by molar-refractivity contribution is 5.84. The molecule has 5 nitrogen and oxygen atoms in total. The molecule has 0 radical (unpaired) electrons. The molecular weight excluding hydrogens is 320 g/mol. The van der Waals surface area contributed by atoms with Gasteiger partial charge in [-0.2, -0.15) is 0 Å². The summed E-state index contributed by atoms with van der Waals surface area (Å²) in [5.74, 6) is -1.21. The fourth-order valence-electron chi connectivity index (χ4n) is 3.27. The van der Waals surface area contributed by atoms with Crippen molar-refractivity contribution in [3.05, 3.63) is 24.3 Å². The Morgan fingerprint density at radius 3 is 2.68 bits per heavy atom. The highest BCUT2D eigenvalue weighted by Crippen LogP contribution is 2.34. The first-order valence-corrected chi connectivity index (χ1v) is 9.39. The molecule has 3 N–H and O–H groups in total. The van der Waals surface area contributed by atoms with Crippen LogP contribution in [0.15, 0.2) is 24.3 Å². The first kappa shape index (κ1) is 21.6. The van der Waals surface area contributed by atoms with E-state index in [1.165, 1.54) is 0 Å². The fourth-order valence-corrected chi connectivity index (χ4v) is 3.27. The second-order valence-corrected chi connectivity index (χ2v) is 6.85. The minimum absolute atomic E-state index is 0.0709. The Labute approximate surface area is 150 Å². The molecule has 1 saturated carbocycles. The molecule has 1 aliphatic carbocycles. The SMILES string of the molecule is CCCCCC(O)C=C[C@H]1[C@H](O)CC(=O)[C@@H]1CCC=CCCC(=O)O. The van der Waals surface area contributed by atoms with Gasteiger partial charge in [0.2, 0.25) is 0 Å². The van der Waals surface area contributed by atoms with Gasteiger partial charge in [0, 0.05) is 24.7 Å². The van der Waals surface area contributed by atoms with E-state index in [2.05, 4.69) is 6.92 Å². The first-order chi connectivity index (χ1) is 12.0. The van der Waals surface area contributed by atoms with Crippen LogP contribution >= 0.6 is 0 Å². The molecule has 4 atom stereocenters. The Morgan fingerprint density at radius 1 is 1.28 bits per heavy atom. The van der Waals surface area contributed by atoms with Crippen LogP contribution in [0.5, 0.6) is 0 Å². The van der Waals surface area contributed by atoms with Crippen LogP contribution in [0.1, 0.15) is 64.7 Å². The van der Waals surface area contributed by atoms with Gasteiger partial charge >= 0.3 is 5.97 Å². The number of Topliss-reactive ketones (excluding diaryl/α,β-unsaturated/α-hetero) is 1. The Morgan fingerprint density at radius 2 is 2.00 bits per heavy atom. The van der Waals surface area contributed by atoms with Crippen LogP contribution in [0.25, 0.3) is 0 Å². The number of aliphatic hydroxyl groups excluding tert-OH is 2. The van der Waals surface area contributed by atoms with Crippen molar-refractivity contribution in [2.75, 3.05) is 0 Å². The van der Waals surface area contributed by atoms with Gasteiger partial charge in [-0.1, -0.05) is 50.5 Å². The summed E-state index contributed by atoms with van der Waals surface area (Å²) in [4.78, 5) is 22.5. The number of unbranched alkanes of at least 4 members (excludes halogenated alkanes) is 2. The Bertz CT molecular complexity index is 469. The molecule has 0 bridgehead atoms. The number of carbonyl (C=O) groups excluding carboxylic acids is 1. The molecule has 0 aromatic carbocycles. The van der Waals surface area contributed by atoms with Crippen LogP contribution < -0.4 is 0 Å². The smallest absolute Gasteiger partial charge is 0.303 e. The van der Waals surface area contributed by atoms with Crippen LogP contribution in [0, 0.1) is 11.8 Å². The molecule has 0 aromatic rings. The summed E-state index contributed by atoms with van der Waals surface area (Å²) in [6.45, 7) is 2.11. The van der Waals surface area contributed by atoms with Crippen molar-refractivity contribution < 1.29 is 24.9 Å². The summed E-state index contributed by atoms with van der Waals surface area (Å²) in [5, 5.41) is 28.7. The Hall–Kier alpha value is -1.46. The van der Waals surface area contributed by atoms with Crippen molar-refractivity contribution in [1.82, 2.24) is 0 Å². The maximum absolute atomic E-state index is 12.1. The molecule has 0 amide bonds. The largest absolute Gasteiger partial charge is 0.481 e. The molecule has 5 heteroatoms. The van der Waals surface area contributed by atoms with E-state index >= 15 is 0 Å². The van der Waals surface area contributed by atoms with E-state index in [1.54, 1.807) is 6.08 Å². The quantitative estimate of drug-likeness (QED) is 0.370. The predicted octanol–water partition coefficient (Wildman–Crippen LogP) is 3.25. The first-order valence-electron chi connectivity index (χ1n) is 9.39. The number of carboxylic acids is 1. The molecule has 0 saturated heterocycles. The van der Waals surface area contributed by atoms with Crippen molar-refractivity contribution in [2.24, 2.45) is 11.8 Å². The van der Waals surface area contributed by atoms with E-state index in [0.29, 0.717) is 25.7 Å². The number of aliphatic hydroxyl groups is 2. The van der Waals surface area contributed by atoms with Gasteiger partial charge in [-0.05, 0) is 25.7 Å². The van der Waals surface area contributed by atoms with Crippen molar-refractivity contribution in [1.29, 1.82) is 0 Å². The topological polar surface area (TPSA) is 94.8 Å². The molecule has 0 aliphatic heterocycles. The van der Waals surface area contributed by atoms with Gasteiger partial charge in [0.1, 0.15) is 5.78 Å². The van der Waals surface area contributed by atoms with E-state index in [1.807, 2.05) is 18.2 Å². The number of aliphatic carboxylic acids is 1. The highest BCUT2D eigenvalue weighted by atomic mass is 16.4. The minimum atomic E-state index is -0.818. The third kappa shape index (κ3) is 8.45. The van der Waals surface area contributed by atoms with E-state index in [-0.39, 0.29) is 30.5 Å². The lowest BCUT2D eigenvalue weighted by atomic mass is 9.89. The zero-order valence-electron chi connectivity index (χ0n) is 15.1. The number of rotatable bonds is 12. The molecule has 0 spiro atoms. The van der Waals surface area contributed by atoms with E-state index in [9.17, 15) is 19.8 Å². The van der Waals surface area contributed by atoms with Crippen LogP contribution in [-0.4, -0.2) is 39.3 Å². The zero-order chi connectivity index (χ0) is 18.7. The summed E-state index contributed by atoms with van der Waals surface area (Å²) in [5.41, 5.74) is 0. The maximum atomic E-state index is 12.1. The number of carbonyl (C=O) groups is 2. The molecule has 1 unspecified atom stereocenters. The van der Waals surface area contributed by atoms with Gasteiger partial charge in [-0.25, -0.2) is 0 Å². The van der Waals surface area contributed by atoms with Gasteiger partial charge in [0.25, 0.3) is 0 Å². The molecule has 0 aromatic heterocycles. The molecule has 142 valence electrons. The highest BCUT2D eigenvalue weighted by Gasteiger charge is 2.39. The van der Waals surface area contributed by atoms with Crippen molar-refractivity contribution in [2.45, 2.75) is 76.9 Å². The summed E-state index contributed by atoms with van der Waals surface area (Å²) < 4.78 is 0. The summed E-state index contributed by atoms with van der Waals surface area (Å²) in [7, 11) is 0. The minimum Gasteiger partial charge on any atom is -0.481 e. The Balaban J connectivity index is 2.46. The summed E-state index contributed by atoms with van der Waals surface area (Å²) >= 11 is 0. The number of hydrogen-bond donors (Lipinski definition) is 3. The second-order valence-electron chi connectivity index (χ2n) is 6.85. The number of hydrogen-bond acceptors (Lipinski definition) is 4. The van der Waals surface area contributed by atoms with Crippen molar-refractivity contribution in [3.8, 4) is 0 Å². The number of allylic oxidation sites excluding steroid dienone is 2. The van der Waals surface area contributed by atoms with Gasteiger partial charge in [-0.15, -0.1) is 0 Å². The average Bonchev–Trinajstić information content (AvgIpc) is 2.82. The van der Waals surface area contributed by atoms with Crippen LogP contribution in [0.3, 0.4) is 0 Å². The van der Waals surface area contributed by atoms with Gasteiger partial charge in [-0.3, -0.25) is 9.59 Å². The molecule has 1 aliphatic rings. The van der Waals surface area contributed by atoms with Gasteiger partial charge in [0.05, 0.1) is 12.2 Å². The van der Waals surface area contributed by atoms with Crippen LogP contribution in [0.4, 0.5) is 0 Å². The fraction of sp³-hybridized carbons (Fsp3) is 0.700. The van der Waals surface area contributed by atoms with Gasteiger partial charge < -0.3 is 15.3 Å². The van der Waals surface area contributed by atoms with Crippen molar-refractivity contribution in [3.63, 3.8) is 0 Å². The molecule has 25 heavy (non-hydrogen) atoms. The van der Waals surface area contributed by atoms with Crippen LogP contribution in [0.2, 0.25) is 0 Å². The Kier molecular flexibility index (Phi) is 10.3. The van der Waals surface area contributed by atoms with E-state index in [4.69, 9.17) is 5.11 Å². The monoisotopic (exact) mass is 352 g/mol. The van der Waals surface area contributed by atoms with E-state index in [0.717, 1.165) is 19.3 Å². The normalized spacial score (nSPS) is 25.2. The number of carboxylic acid groups (broad SMARTS) is 1. The van der Waals surface area contributed by atoms with Crippen LogP contribution in [-0.2, 0) is 9.59 Å². The van der Waals surface area contributed by atoms with Crippen molar-refractivity contribution >= 4 is 11.8 Å². The predicted molar refractivity (Wildman–Crippen MR) is 97.1 cm³/mol. The lowest BCUT2D eigenvalue weighted by molar-refractivity contribution is -0.136. The van der Waals surface area contributed by atoms with Gasteiger partial charge in [0.15, 0.2) is 0 Å². The standard InChI is InChI=1S/C20H32O5/c1-2-3-6-9-15(21)12-13-17-16(18(22)14-19(17)23)10-7-4-5-8-11-20(24)25/h4-5,12-13,15-17,19,21,23H,2-3,6-11,14H2,1H3,(H,24,25)/t15?,16-,17-,19-/m1/s1. The third-order valence-corrected chi connectivity index (χ3v) is 4.73. The third-order valence-electron chi connectivity index (χ3n) is 4.73. The molecular formula is C20H32O5. The molecule has 1 rings (SSSR count).